The van der Waals surface area contributed by atoms with Gasteiger partial charge in [0.15, 0.2) is 0 Å². The van der Waals surface area contributed by atoms with Crippen molar-refractivity contribution in [2.75, 3.05) is 6.54 Å². The lowest BCUT2D eigenvalue weighted by atomic mass is 10.1. The van der Waals surface area contributed by atoms with Crippen molar-refractivity contribution < 1.29 is 4.79 Å². The van der Waals surface area contributed by atoms with Crippen LogP contribution in [0.1, 0.15) is 39.3 Å². The molecule has 1 aromatic heterocycles. The fourth-order valence-corrected chi connectivity index (χ4v) is 2.44. The fraction of sp³-hybridized carbons (Fsp3) is 0.412. The molecule has 0 spiro atoms. The summed E-state index contributed by atoms with van der Waals surface area (Å²) in [6.07, 6.45) is 0.814. The minimum absolute atomic E-state index is 0.0329. The maximum atomic E-state index is 12.1. The molecule has 1 aromatic carbocycles. The second-order valence-electron chi connectivity index (χ2n) is 5.62. The first-order valence-electron chi connectivity index (χ1n) is 7.45. The van der Waals surface area contributed by atoms with Crippen molar-refractivity contribution in [1.29, 1.82) is 0 Å². The molecule has 0 fully saturated rings. The number of benzene rings is 1. The Kier molecular flexibility index (Phi) is 5.24. The lowest BCUT2D eigenvalue weighted by Gasteiger charge is -2.08. The smallest absolute Gasteiger partial charge is 0.251 e. The Labute approximate surface area is 136 Å². The third-order valence-corrected chi connectivity index (χ3v) is 4.44. The third kappa shape index (κ3) is 3.69. The monoisotopic (exact) mass is 319 g/mol. The van der Waals surface area contributed by atoms with E-state index in [0.717, 1.165) is 34.9 Å². The second kappa shape index (κ2) is 6.97. The number of hydrogen-bond acceptors (Lipinski definition) is 2. The standard InChI is InChI=1S/C17H22ClN3O/c1-11-6-7-15(10-12(11)2)17(22)19-8-5-9-21-14(4)16(18)13(3)20-21/h6-7,10H,5,8-9H2,1-4H3,(H,19,22). The quantitative estimate of drug-likeness (QED) is 0.856. The van der Waals surface area contributed by atoms with E-state index in [9.17, 15) is 4.79 Å². The Morgan fingerprint density at radius 2 is 1.95 bits per heavy atom. The number of carbonyl (C=O) groups is 1. The average molecular weight is 320 g/mol. The third-order valence-electron chi connectivity index (χ3n) is 3.89. The number of nitrogens with one attached hydrogen (secondary N) is 1. The van der Waals surface area contributed by atoms with Gasteiger partial charge in [-0.05, 0) is 57.4 Å². The number of nitrogens with zero attached hydrogens (tertiary/aromatic N) is 2. The molecule has 5 heteroatoms. The molecule has 0 unspecified atom stereocenters. The van der Waals surface area contributed by atoms with Crippen molar-refractivity contribution in [1.82, 2.24) is 15.1 Å². The first kappa shape index (κ1) is 16.6. The van der Waals surface area contributed by atoms with Gasteiger partial charge in [0.05, 0.1) is 16.4 Å². The Morgan fingerprint density at radius 3 is 2.55 bits per heavy atom. The Balaban J connectivity index is 1.84. The molecule has 0 saturated carbocycles. The normalized spacial score (nSPS) is 10.8. The molecular formula is C17H22ClN3O. The van der Waals surface area contributed by atoms with E-state index in [1.807, 2.05) is 50.6 Å². The van der Waals surface area contributed by atoms with Gasteiger partial charge in [-0.2, -0.15) is 5.10 Å². The summed E-state index contributed by atoms with van der Waals surface area (Å²) < 4.78 is 1.89. The van der Waals surface area contributed by atoms with Crippen molar-refractivity contribution in [2.24, 2.45) is 0 Å². The maximum Gasteiger partial charge on any atom is 0.251 e. The van der Waals surface area contributed by atoms with Crippen LogP contribution in [0.5, 0.6) is 0 Å². The minimum Gasteiger partial charge on any atom is -0.352 e. The van der Waals surface area contributed by atoms with Crippen LogP contribution in [0.2, 0.25) is 5.02 Å². The summed E-state index contributed by atoms with van der Waals surface area (Å²) in [4.78, 5) is 12.1. The Hall–Kier alpha value is -1.81. The molecule has 22 heavy (non-hydrogen) atoms. The van der Waals surface area contributed by atoms with E-state index >= 15 is 0 Å². The summed E-state index contributed by atoms with van der Waals surface area (Å²) in [6.45, 7) is 9.26. The Bertz CT molecular complexity index is 691. The SMILES string of the molecule is Cc1ccc(C(=O)NCCCn2nc(C)c(Cl)c2C)cc1C. The van der Waals surface area contributed by atoms with Gasteiger partial charge < -0.3 is 5.32 Å². The highest BCUT2D eigenvalue weighted by Crippen LogP contribution is 2.18. The molecule has 0 bridgehead atoms. The molecular weight excluding hydrogens is 298 g/mol. The highest BCUT2D eigenvalue weighted by atomic mass is 35.5. The van der Waals surface area contributed by atoms with Crippen molar-refractivity contribution in [3.8, 4) is 0 Å². The van der Waals surface area contributed by atoms with E-state index in [1.54, 1.807) is 0 Å². The minimum atomic E-state index is -0.0329. The van der Waals surface area contributed by atoms with Crippen LogP contribution in [0, 0.1) is 27.7 Å². The number of aromatic nitrogens is 2. The largest absolute Gasteiger partial charge is 0.352 e. The molecule has 2 rings (SSSR count). The van der Waals surface area contributed by atoms with Crippen LogP contribution in [-0.2, 0) is 6.54 Å². The molecule has 0 aliphatic carbocycles. The molecule has 118 valence electrons. The lowest BCUT2D eigenvalue weighted by Crippen LogP contribution is -2.25. The van der Waals surface area contributed by atoms with E-state index in [1.165, 1.54) is 5.56 Å². The van der Waals surface area contributed by atoms with Crippen LogP contribution < -0.4 is 5.32 Å². The van der Waals surface area contributed by atoms with Gasteiger partial charge in [0.2, 0.25) is 0 Å². The molecule has 0 radical (unpaired) electrons. The van der Waals surface area contributed by atoms with Gasteiger partial charge in [0.25, 0.3) is 5.91 Å². The summed E-state index contributed by atoms with van der Waals surface area (Å²) in [5, 5.41) is 8.04. The lowest BCUT2D eigenvalue weighted by molar-refractivity contribution is 0.0952. The molecule has 1 heterocycles. The van der Waals surface area contributed by atoms with E-state index in [2.05, 4.69) is 10.4 Å². The van der Waals surface area contributed by atoms with Crippen LogP contribution in [-0.4, -0.2) is 22.2 Å². The summed E-state index contributed by atoms with van der Waals surface area (Å²) >= 11 is 6.12. The second-order valence-corrected chi connectivity index (χ2v) is 5.99. The molecule has 1 amide bonds. The summed E-state index contributed by atoms with van der Waals surface area (Å²) in [7, 11) is 0. The topological polar surface area (TPSA) is 46.9 Å². The van der Waals surface area contributed by atoms with Crippen molar-refractivity contribution in [2.45, 2.75) is 40.7 Å². The zero-order valence-corrected chi connectivity index (χ0v) is 14.3. The molecule has 0 saturated heterocycles. The number of aryl methyl sites for hydroxylation is 4. The van der Waals surface area contributed by atoms with Crippen LogP contribution in [0.25, 0.3) is 0 Å². The number of hydrogen-bond donors (Lipinski definition) is 1. The molecule has 0 aliphatic heterocycles. The predicted octanol–water partition coefficient (Wildman–Crippen LogP) is 3.59. The van der Waals surface area contributed by atoms with Gasteiger partial charge in [-0.1, -0.05) is 17.7 Å². The first-order valence-corrected chi connectivity index (χ1v) is 7.83. The van der Waals surface area contributed by atoms with E-state index in [-0.39, 0.29) is 5.91 Å². The number of amides is 1. The number of halogens is 1. The van der Waals surface area contributed by atoms with Crippen LogP contribution in [0.4, 0.5) is 0 Å². The zero-order chi connectivity index (χ0) is 16.3. The fourth-order valence-electron chi connectivity index (χ4n) is 2.31. The van der Waals surface area contributed by atoms with Crippen LogP contribution >= 0.6 is 11.6 Å². The van der Waals surface area contributed by atoms with Gasteiger partial charge in [-0.3, -0.25) is 9.48 Å². The van der Waals surface area contributed by atoms with Gasteiger partial charge in [0, 0.05) is 18.7 Å². The van der Waals surface area contributed by atoms with Gasteiger partial charge >= 0.3 is 0 Å². The predicted molar refractivity (Wildman–Crippen MR) is 89.6 cm³/mol. The molecule has 2 aromatic rings. The highest BCUT2D eigenvalue weighted by Gasteiger charge is 2.09. The first-order chi connectivity index (χ1) is 10.4. The van der Waals surface area contributed by atoms with Crippen LogP contribution in [0.15, 0.2) is 18.2 Å². The zero-order valence-electron chi connectivity index (χ0n) is 13.5. The maximum absolute atomic E-state index is 12.1. The molecule has 0 atom stereocenters. The van der Waals surface area contributed by atoms with Gasteiger partial charge in [-0.15, -0.1) is 0 Å². The van der Waals surface area contributed by atoms with Crippen LogP contribution in [0.3, 0.4) is 0 Å². The van der Waals surface area contributed by atoms with E-state index < -0.39 is 0 Å². The average Bonchev–Trinajstić information content (AvgIpc) is 2.73. The van der Waals surface area contributed by atoms with E-state index in [4.69, 9.17) is 11.6 Å². The highest BCUT2D eigenvalue weighted by molar-refractivity contribution is 6.31. The van der Waals surface area contributed by atoms with Gasteiger partial charge in [-0.25, -0.2) is 0 Å². The molecule has 4 nitrogen and oxygen atoms in total. The summed E-state index contributed by atoms with van der Waals surface area (Å²) in [5.74, 6) is -0.0329. The Morgan fingerprint density at radius 1 is 1.23 bits per heavy atom. The molecule has 1 N–H and O–H groups in total. The number of carbonyl (C=O) groups excluding carboxylic acids is 1. The van der Waals surface area contributed by atoms with Crippen molar-refractivity contribution in [3.63, 3.8) is 0 Å². The summed E-state index contributed by atoms with van der Waals surface area (Å²) in [5.41, 5.74) is 4.85. The van der Waals surface area contributed by atoms with E-state index in [0.29, 0.717) is 12.1 Å². The summed E-state index contributed by atoms with van der Waals surface area (Å²) in [6, 6.07) is 5.76. The van der Waals surface area contributed by atoms with Crippen molar-refractivity contribution in [3.05, 3.63) is 51.3 Å². The molecule has 0 aliphatic rings. The van der Waals surface area contributed by atoms with Crippen molar-refractivity contribution >= 4 is 17.5 Å². The number of rotatable bonds is 5. The van der Waals surface area contributed by atoms with Gasteiger partial charge in [0.1, 0.15) is 0 Å².